The predicted octanol–water partition coefficient (Wildman–Crippen LogP) is 3.39. The zero-order valence-electron chi connectivity index (χ0n) is 10.4. The molecule has 102 valence electrons. The summed E-state index contributed by atoms with van der Waals surface area (Å²) in [6.45, 7) is 0.432. The van der Waals surface area contributed by atoms with Crippen LogP contribution in [0.1, 0.15) is 64.2 Å². The van der Waals surface area contributed by atoms with Gasteiger partial charge < -0.3 is 4.89 Å². The Balaban J connectivity index is 2.96. The molecule has 0 radical (unpaired) electrons. The van der Waals surface area contributed by atoms with Crippen LogP contribution in [0.4, 0.5) is 0 Å². The maximum Gasteiger partial charge on any atom is 0.342 e. The van der Waals surface area contributed by atoms with E-state index in [9.17, 15) is 4.79 Å². The lowest BCUT2D eigenvalue weighted by molar-refractivity contribution is -0.242. The van der Waals surface area contributed by atoms with Crippen molar-refractivity contribution in [3.63, 3.8) is 0 Å². The Morgan fingerprint density at radius 1 is 0.765 bits per heavy atom. The molecule has 5 heteroatoms. The van der Waals surface area contributed by atoms with Crippen LogP contribution in [0.3, 0.4) is 0 Å². The molecule has 0 bridgehead atoms. The van der Waals surface area contributed by atoms with Crippen molar-refractivity contribution in [2.75, 3.05) is 6.61 Å². The summed E-state index contributed by atoms with van der Waals surface area (Å²) in [6.07, 6.45) is 10.0. The molecule has 17 heavy (non-hydrogen) atoms. The summed E-state index contributed by atoms with van der Waals surface area (Å²) in [4.78, 5) is 18.1. The minimum atomic E-state index is -0.545. The van der Waals surface area contributed by atoms with Gasteiger partial charge in [-0.2, -0.15) is 5.26 Å². The number of hydrogen-bond donors (Lipinski definition) is 2. The molecule has 0 amide bonds. The predicted molar refractivity (Wildman–Crippen MR) is 63.5 cm³/mol. The van der Waals surface area contributed by atoms with Crippen molar-refractivity contribution in [3.8, 4) is 0 Å². The van der Waals surface area contributed by atoms with Gasteiger partial charge in [0.2, 0.25) is 0 Å². The average Bonchev–Trinajstić information content (AvgIpc) is 2.35. The smallest absolute Gasteiger partial charge is 0.301 e. The highest BCUT2D eigenvalue weighted by Crippen LogP contribution is 2.10. The third-order valence-corrected chi connectivity index (χ3v) is 2.72. The third kappa shape index (κ3) is 13.3. The highest BCUT2D eigenvalue weighted by Gasteiger charge is 2.00. The summed E-state index contributed by atoms with van der Waals surface area (Å²) in [5.41, 5.74) is 0. The summed E-state index contributed by atoms with van der Waals surface area (Å²) in [5, 5.41) is 16.1. The van der Waals surface area contributed by atoms with Crippen LogP contribution in [-0.2, 0) is 14.6 Å². The van der Waals surface area contributed by atoms with Crippen molar-refractivity contribution in [3.05, 3.63) is 0 Å². The van der Waals surface area contributed by atoms with E-state index in [1.165, 1.54) is 25.7 Å². The van der Waals surface area contributed by atoms with Crippen molar-refractivity contribution < 1.29 is 25.1 Å². The Morgan fingerprint density at radius 2 is 1.24 bits per heavy atom. The van der Waals surface area contributed by atoms with Crippen molar-refractivity contribution in [2.24, 2.45) is 0 Å². The quantitative estimate of drug-likeness (QED) is 0.314. The van der Waals surface area contributed by atoms with E-state index >= 15 is 0 Å². The largest absolute Gasteiger partial charge is 0.342 e. The standard InChI is InChI=1S/C12H24O5/c13-12(17-15)10-8-6-4-2-1-3-5-7-9-11-16-14/h14-15H,1-11H2. The molecule has 0 aromatic carbocycles. The lowest BCUT2D eigenvalue weighted by Crippen LogP contribution is -1.99. The number of hydrogen-bond acceptors (Lipinski definition) is 5. The Kier molecular flexibility index (Phi) is 12.9. The van der Waals surface area contributed by atoms with Gasteiger partial charge >= 0.3 is 5.97 Å². The Labute approximate surface area is 103 Å². The molecule has 0 saturated carbocycles. The van der Waals surface area contributed by atoms with Gasteiger partial charge in [-0.1, -0.05) is 44.9 Å². The fraction of sp³-hybridized carbons (Fsp3) is 0.917. The van der Waals surface area contributed by atoms with Gasteiger partial charge in [0.25, 0.3) is 0 Å². The molecule has 0 aliphatic heterocycles. The number of rotatable bonds is 12. The second-order valence-corrected chi connectivity index (χ2v) is 4.23. The zero-order chi connectivity index (χ0) is 12.8. The summed E-state index contributed by atoms with van der Waals surface area (Å²) >= 11 is 0. The van der Waals surface area contributed by atoms with E-state index < -0.39 is 5.97 Å². The SMILES string of the molecule is O=C(CCCCCCCCCCCOO)OO. The number of carbonyl (C=O) groups is 1. The first-order valence-electron chi connectivity index (χ1n) is 6.42. The van der Waals surface area contributed by atoms with Gasteiger partial charge in [-0.05, 0) is 12.8 Å². The van der Waals surface area contributed by atoms with Crippen molar-refractivity contribution in [1.82, 2.24) is 0 Å². The minimum Gasteiger partial charge on any atom is -0.301 e. The van der Waals surface area contributed by atoms with Crippen LogP contribution in [0.25, 0.3) is 0 Å². The second kappa shape index (κ2) is 13.4. The van der Waals surface area contributed by atoms with E-state index in [4.69, 9.17) is 10.5 Å². The van der Waals surface area contributed by atoms with Gasteiger partial charge in [0.15, 0.2) is 0 Å². The molecule has 0 rings (SSSR count). The van der Waals surface area contributed by atoms with Crippen LogP contribution in [0.15, 0.2) is 0 Å². The summed E-state index contributed by atoms with van der Waals surface area (Å²) in [6, 6.07) is 0. The molecule has 0 aromatic rings. The van der Waals surface area contributed by atoms with Gasteiger partial charge in [0.05, 0.1) is 6.61 Å². The van der Waals surface area contributed by atoms with Crippen LogP contribution in [0.5, 0.6) is 0 Å². The summed E-state index contributed by atoms with van der Waals surface area (Å²) < 4.78 is 0. The topological polar surface area (TPSA) is 76.0 Å². The van der Waals surface area contributed by atoms with E-state index in [2.05, 4.69) is 9.78 Å². The molecule has 0 spiro atoms. The van der Waals surface area contributed by atoms with Gasteiger partial charge in [0, 0.05) is 6.42 Å². The fourth-order valence-electron chi connectivity index (χ4n) is 1.72. The molecule has 2 N–H and O–H groups in total. The molecule has 0 aliphatic carbocycles. The van der Waals surface area contributed by atoms with Gasteiger partial charge in [-0.25, -0.2) is 9.68 Å². The Morgan fingerprint density at radius 3 is 1.71 bits per heavy atom. The van der Waals surface area contributed by atoms with Crippen molar-refractivity contribution in [2.45, 2.75) is 64.2 Å². The molecule has 0 saturated heterocycles. The lowest BCUT2D eigenvalue weighted by Gasteiger charge is -2.01. The van der Waals surface area contributed by atoms with Crippen LogP contribution in [0, 0.1) is 0 Å². The first-order valence-corrected chi connectivity index (χ1v) is 6.42. The Bertz CT molecular complexity index is 172. The first kappa shape index (κ1) is 16.4. The van der Waals surface area contributed by atoms with Crippen LogP contribution >= 0.6 is 0 Å². The number of unbranched alkanes of at least 4 members (excludes halogenated alkanes) is 8. The third-order valence-electron chi connectivity index (χ3n) is 2.72. The molecular formula is C12H24O5. The summed E-state index contributed by atoms with van der Waals surface area (Å²) in [5.74, 6) is -0.545. The summed E-state index contributed by atoms with van der Waals surface area (Å²) in [7, 11) is 0. The maximum atomic E-state index is 10.6. The monoisotopic (exact) mass is 248 g/mol. The van der Waals surface area contributed by atoms with Gasteiger partial charge in [-0.3, -0.25) is 5.26 Å². The van der Waals surface area contributed by atoms with Crippen LogP contribution in [0.2, 0.25) is 0 Å². The zero-order valence-corrected chi connectivity index (χ0v) is 10.4. The van der Waals surface area contributed by atoms with Crippen molar-refractivity contribution >= 4 is 5.97 Å². The highest BCUT2D eigenvalue weighted by molar-refractivity contribution is 5.68. The minimum absolute atomic E-state index is 0.303. The average molecular weight is 248 g/mol. The van der Waals surface area contributed by atoms with Crippen LogP contribution < -0.4 is 0 Å². The first-order chi connectivity index (χ1) is 8.31. The van der Waals surface area contributed by atoms with E-state index in [-0.39, 0.29) is 0 Å². The van der Waals surface area contributed by atoms with E-state index in [0.717, 1.165) is 32.1 Å². The Hall–Kier alpha value is -0.650. The lowest BCUT2D eigenvalue weighted by atomic mass is 10.1. The van der Waals surface area contributed by atoms with Gasteiger partial charge in [0.1, 0.15) is 0 Å². The molecule has 0 atom stereocenters. The fourth-order valence-corrected chi connectivity index (χ4v) is 1.72. The molecule has 0 fully saturated rings. The molecular weight excluding hydrogens is 224 g/mol. The highest BCUT2D eigenvalue weighted by atomic mass is 17.1. The van der Waals surface area contributed by atoms with Crippen LogP contribution in [-0.4, -0.2) is 23.1 Å². The normalized spacial score (nSPS) is 10.5. The molecule has 0 heterocycles. The molecule has 0 aliphatic rings. The number of carbonyl (C=O) groups excluding carboxylic acids is 1. The second-order valence-electron chi connectivity index (χ2n) is 4.23. The molecule has 0 aromatic heterocycles. The van der Waals surface area contributed by atoms with Gasteiger partial charge in [-0.15, -0.1) is 0 Å². The molecule has 5 nitrogen and oxygen atoms in total. The van der Waals surface area contributed by atoms with Crippen molar-refractivity contribution in [1.29, 1.82) is 0 Å². The van der Waals surface area contributed by atoms with E-state index in [1.54, 1.807) is 0 Å². The maximum absolute atomic E-state index is 10.6. The van der Waals surface area contributed by atoms with E-state index in [1.807, 2.05) is 0 Å². The van der Waals surface area contributed by atoms with E-state index in [0.29, 0.717) is 13.0 Å². The molecule has 0 unspecified atom stereocenters.